The van der Waals surface area contributed by atoms with Gasteiger partial charge in [-0.2, -0.15) is 0 Å². The van der Waals surface area contributed by atoms with E-state index in [-0.39, 0.29) is 6.10 Å². The standard InChI is InChI=1S/C13H17BrOS/c1-7-6-10(14)13(16-7)12(15)11-8-4-2-3-5-9(8)11/h6,8-9,11-12,15H,2-5H2,1H3. The molecule has 1 aromatic rings. The van der Waals surface area contributed by atoms with Crippen molar-refractivity contribution in [1.29, 1.82) is 0 Å². The van der Waals surface area contributed by atoms with Crippen LogP contribution in [-0.4, -0.2) is 5.11 Å². The molecule has 2 aliphatic carbocycles. The second kappa shape index (κ2) is 4.11. The van der Waals surface area contributed by atoms with Crippen LogP contribution in [0, 0.1) is 24.7 Å². The highest BCUT2D eigenvalue weighted by Crippen LogP contribution is 2.61. The van der Waals surface area contributed by atoms with Gasteiger partial charge in [-0.15, -0.1) is 11.3 Å². The average Bonchev–Trinajstić information content (AvgIpc) is 2.89. The summed E-state index contributed by atoms with van der Waals surface area (Å²) in [7, 11) is 0. The topological polar surface area (TPSA) is 20.2 Å². The molecule has 1 heterocycles. The summed E-state index contributed by atoms with van der Waals surface area (Å²) in [6, 6.07) is 2.12. The van der Waals surface area contributed by atoms with Gasteiger partial charge in [0.2, 0.25) is 0 Å². The van der Waals surface area contributed by atoms with Crippen LogP contribution in [0.2, 0.25) is 0 Å². The number of fused-ring (bicyclic) bond motifs is 1. The molecule has 0 aliphatic heterocycles. The molecule has 1 aromatic heterocycles. The van der Waals surface area contributed by atoms with Crippen molar-refractivity contribution in [3.8, 4) is 0 Å². The molecule has 3 rings (SSSR count). The summed E-state index contributed by atoms with van der Waals surface area (Å²) in [5.41, 5.74) is 0. The largest absolute Gasteiger partial charge is 0.387 e. The van der Waals surface area contributed by atoms with E-state index in [1.165, 1.54) is 30.6 Å². The molecule has 3 atom stereocenters. The van der Waals surface area contributed by atoms with Crippen LogP contribution in [0.5, 0.6) is 0 Å². The third-order valence-corrected chi connectivity index (χ3v) is 6.23. The highest BCUT2D eigenvalue weighted by Gasteiger charge is 2.54. The molecule has 2 aliphatic rings. The van der Waals surface area contributed by atoms with Crippen molar-refractivity contribution in [2.45, 2.75) is 38.7 Å². The number of hydrogen-bond acceptors (Lipinski definition) is 2. The van der Waals surface area contributed by atoms with Crippen LogP contribution in [0.3, 0.4) is 0 Å². The van der Waals surface area contributed by atoms with Gasteiger partial charge < -0.3 is 5.11 Å². The fourth-order valence-electron chi connectivity index (χ4n) is 3.39. The molecule has 3 unspecified atom stereocenters. The quantitative estimate of drug-likeness (QED) is 0.864. The second-order valence-electron chi connectivity index (χ2n) is 5.20. The van der Waals surface area contributed by atoms with E-state index in [2.05, 4.69) is 28.9 Å². The maximum atomic E-state index is 10.5. The van der Waals surface area contributed by atoms with Crippen LogP contribution in [0.4, 0.5) is 0 Å². The van der Waals surface area contributed by atoms with Crippen molar-refractivity contribution in [3.05, 3.63) is 20.3 Å². The number of rotatable bonds is 2. The molecule has 0 aromatic carbocycles. The second-order valence-corrected chi connectivity index (χ2v) is 7.35. The first kappa shape index (κ1) is 11.2. The van der Waals surface area contributed by atoms with Crippen molar-refractivity contribution in [3.63, 3.8) is 0 Å². The lowest BCUT2D eigenvalue weighted by molar-refractivity contribution is 0.145. The molecule has 1 N–H and O–H groups in total. The zero-order valence-corrected chi connectivity index (χ0v) is 11.9. The van der Waals surface area contributed by atoms with Crippen molar-refractivity contribution in [2.24, 2.45) is 17.8 Å². The SMILES string of the molecule is Cc1cc(Br)c(C(O)C2C3CCCCC32)s1. The van der Waals surface area contributed by atoms with Crippen LogP contribution in [0.1, 0.15) is 41.5 Å². The fourth-order valence-corrected chi connectivity index (χ4v) is 5.32. The van der Waals surface area contributed by atoms with Gasteiger partial charge in [-0.3, -0.25) is 0 Å². The molecule has 2 fully saturated rings. The van der Waals surface area contributed by atoms with E-state index in [1.54, 1.807) is 11.3 Å². The first-order chi connectivity index (χ1) is 7.68. The molecule has 1 nitrogen and oxygen atoms in total. The van der Waals surface area contributed by atoms with Gasteiger partial charge in [0.15, 0.2) is 0 Å². The highest BCUT2D eigenvalue weighted by molar-refractivity contribution is 9.10. The molecule has 0 spiro atoms. The average molecular weight is 301 g/mol. The summed E-state index contributed by atoms with van der Waals surface area (Å²) >= 11 is 5.30. The summed E-state index contributed by atoms with van der Waals surface area (Å²) < 4.78 is 1.10. The fraction of sp³-hybridized carbons (Fsp3) is 0.692. The van der Waals surface area contributed by atoms with E-state index in [4.69, 9.17) is 0 Å². The van der Waals surface area contributed by atoms with Gasteiger partial charge >= 0.3 is 0 Å². The zero-order valence-electron chi connectivity index (χ0n) is 9.45. The van der Waals surface area contributed by atoms with Crippen LogP contribution in [0.25, 0.3) is 0 Å². The maximum Gasteiger partial charge on any atom is 0.0926 e. The first-order valence-corrected chi connectivity index (χ1v) is 7.73. The van der Waals surface area contributed by atoms with Gasteiger partial charge in [0.1, 0.15) is 0 Å². The van der Waals surface area contributed by atoms with Crippen LogP contribution in [-0.2, 0) is 0 Å². The highest BCUT2D eigenvalue weighted by atomic mass is 79.9. The molecule has 16 heavy (non-hydrogen) atoms. The lowest BCUT2D eigenvalue weighted by Crippen LogP contribution is -2.00. The molecule has 3 heteroatoms. The predicted octanol–water partition coefficient (Wildman–Crippen LogP) is 4.29. The summed E-state index contributed by atoms with van der Waals surface area (Å²) in [5.74, 6) is 2.19. The Morgan fingerprint density at radius 2 is 2.00 bits per heavy atom. The Morgan fingerprint density at radius 3 is 2.50 bits per heavy atom. The minimum atomic E-state index is -0.221. The maximum absolute atomic E-state index is 10.5. The van der Waals surface area contributed by atoms with Crippen molar-refractivity contribution in [1.82, 2.24) is 0 Å². The summed E-state index contributed by atoms with van der Waals surface area (Å²) in [5, 5.41) is 10.5. The Labute approximate surface area is 109 Å². The molecule has 0 bridgehead atoms. The Balaban J connectivity index is 1.78. The first-order valence-electron chi connectivity index (χ1n) is 6.12. The molecule has 0 radical (unpaired) electrons. The van der Waals surface area contributed by atoms with Gasteiger partial charge in [0.05, 0.1) is 6.10 Å². The number of aliphatic hydroxyl groups is 1. The van der Waals surface area contributed by atoms with Crippen molar-refractivity contribution < 1.29 is 5.11 Å². The monoisotopic (exact) mass is 300 g/mol. The Bertz CT molecular complexity index is 389. The molecule has 88 valence electrons. The van der Waals surface area contributed by atoms with Gasteiger partial charge in [0.25, 0.3) is 0 Å². The number of hydrogen-bond donors (Lipinski definition) is 1. The van der Waals surface area contributed by atoms with Crippen molar-refractivity contribution >= 4 is 27.3 Å². The summed E-state index contributed by atoms with van der Waals surface area (Å²) in [4.78, 5) is 2.43. The van der Waals surface area contributed by atoms with Gasteiger partial charge in [-0.25, -0.2) is 0 Å². The number of aliphatic hydroxyl groups excluding tert-OH is 1. The minimum absolute atomic E-state index is 0.221. The van der Waals surface area contributed by atoms with E-state index in [0.29, 0.717) is 5.92 Å². The van der Waals surface area contributed by atoms with Crippen LogP contribution in [0.15, 0.2) is 10.5 Å². The Hall–Kier alpha value is 0.140. The third kappa shape index (κ3) is 1.77. The molecule has 2 saturated carbocycles. The Morgan fingerprint density at radius 1 is 1.38 bits per heavy atom. The summed E-state index contributed by atoms with van der Waals surface area (Å²) in [6.45, 7) is 2.10. The zero-order chi connectivity index (χ0) is 11.3. The van der Waals surface area contributed by atoms with Gasteiger partial charge in [0, 0.05) is 14.2 Å². The summed E-state index contributed by atoms with van der Waals surface area (Å²) in [6.07, 6.45) is 5.20. The molecule has 0 saturated heterocycles. The number of aryl methyl sites for hydroxylation is 1. The van der Waals surface area contributed by atoms with E-state index >= 15 is 0 Å². The predicted molar refractivity (Wildman–Crippen MR) is 70.7 cm³/mol. The van der Waals surface area contributed by atoms with E-state index < -0.39 is 0 Å². The lowest BCUT2D eigenvalue weighted by atomic mass is 10.0. The van der Waals surface area contributed by atoms with Gasteiger partial charge in [-0.05, 0) is 59.5 Å². The van der Waals surface area contributed by atoms with Crippen LogP contribution < -0.4 is 0 Å². The van der Waals surface area contributed by atoms with E-state index in [9.17, 15) is 5.11 Å². The van der Waals surface area contributed by atoms with Gasteiger partial charge in [-0.1, -0.05) is 12.8 Å². The van der Waals surface area contributed by atoms with E-state index in [0.717, 1.165) is 21.2 Å². The normalized spacial score (nSPS) is 34.6. The molecule has 0 amide bonds. The Kier molecular flexibility index (Phi) is 2.89. The molecular formula is C13H17BrOS. The molecular weight excluding hydrogens is 284 g/mol. The van der Waals surface area contributed by atoms with E-state index in [1.807, 2.05) is 0 Å². The third-order valence-electron chi connectivity index (χ3n) is 4.19. The smallest absolute Gasteiger partial charge is 0.0926 e. The van der Waals surface area contributed by atoms with Crippen molar-refractivity contribution in [2.75, 3.05) is 0 Å². The number of halogens is 1. The number of thiophene rings is 1. The lowest BCUT2D eigenvalue weighted by Gasteiger charge is -2.08. The minimum Gasteiger partial charge on any atom is -0.387 e. The van der Waals surface area contributed by atoms with Crippen LogP contribution >= 0.6 is 27.3 Å².